The molecule has 0 aliphatic rings. The van der Waals surface area contributed by atoms with E-state index in [-0.39, 0.29) is 0 Å². The summed E-state index contributed by atoms with van der Waals surface area (Å²) in [5.41, 5.74) is 0. The van der Waals surface area contributed by atoms with Gasteiger partial charge in [0.05, 0.1) is 0 Å². The molecular formula is C8H18GeI. The van der Waals surface area contributed by atoms with E-state index in [1.807, 2.05) is 0 Å². The first-order valence-corrected chi connectivity index (χ1v) is 12.2. The van der Waals surface area contributed by atoms with Gasteiger partial charge in [0.1, 0.15) is 0 Å². The standard InChI is InChI=1S/C8H18GeI/c1-7(2,3)9(10)8(4,5)6/h1-6H3. The van der Waals surface area contributed by atoms with Crippen molar-refractivity contribution in [3.8, 4) is 0 Å². The van der Waals surface area contributed by atoms with Gasteiger partial charge in [0, 0.05) is 0 Å². The molecule has 0 aliphatic carbocycles. The molecule has 0 spiro atoms. The molecule has 0 bridgehead atoms. The van der Waals surface area contributed by atoms with Crippen molar-refractivity contribution < 1.29 is 0 Å². The van der Waals surface area contributed by atoms with Crippen LogP contribution < -0.4 is 0 Å². The maximum atomic E-state index is 2.72. The Kier molecular flexibility index (Phi) is 3.76. The number of rotatable bonds is 0. The van der Waals surface area contributed by atoms with Gasteiger partial charge in [0.25, 0.3) is 0 Å². The predicted molar refractivity (Wildman–Crippen MR) is 59.2 cm³/mol. The van der Waals surface area contributed by atoms with Gasteiger partial charge in [-0.3, -0.25) is 0 Å². The summed E-state index contributed by atoms with van der Waals surface area (Å²) in [4.78, 5) is 0. The molecule has 61 valence electrons. The molecule has 0 fully saturated rings. The van der Waals surface area contributed by atoms with Crippen LogP contribution >= 0.6 is 20.2 Å². The second-order valence-corrected chi connectivity index (χ2v) is 18.0. The van der Waals surface area contributed by atoms with E-state index >= 15 is 0 Å². The fraction of sp³-hybridized carbons (Fsp3) is 1.00. The second kappa shape index (κ2) is 3.34. The van der Waals surface area contributed by atoms with Crippen molar-refractivity contribution in [2.24, 2.45) is 0 Å². The van der Waals surface area contributed by atoms with E-state index in [0.29, 0.717) is 8.49 Å². The van der Waals surface area contributed by atoms with Crippen molar-refractivity contribution in [2.75, 3.05) is 0 Å². The fourth-order valence-corrected chi connectivity index (χ4v) is 5.85. The minimum atomic E-state index is -0.877. The molecule has 0 nitrogen and oxygen atoms in total. The van der Waals surface area contributed by atoms with Gasteiger partial charge in [0.2, 0.25) is 0 Å². The average molecular weight is 314 g/mol. The molecule has 0 aliphatic heterocycles. The summed E-state index contributed by atoms with van der Waals surface area (Å²) < 4.78 is 1.19. The summed E-state index contributed by atoms with van der Waals surface area (Å²) in [6.07, 6.45) is 0. The zero-order chi connectivity index (χ0) is 8.58. The number of hydrogen-bond donors (Lipinski definition) is 0. The Balaban J connectivity index is 4.23. The monoisotopic (exact) mass is 315 g/mol. The molecule has 0 saturated heterocycles. The van der Waals surface area contributed by atoms with Gasteiger partial charge in [-0.05, 0) is 0 Å². The van der Waals surface area contributed by atoms with Crippen molar-refractivity contribution in [3.63, 3.8) is 0 Å². The zero-order valence-electron chi connectivity index (χ0n) is 7.88. The Bertz CT molecular complexity index is 93.4. The summed E-state index contributed by atoms with van der Waals surface area (Å²) in [6.45, 7) is 14.3. The summed E-state index contributed by atoms with van der Waals surface area (Å²) in [5, 5.41) is 0. The molecule has 0 N–H and O–H groups in total. The van der Waals surface area contributed by atoms with Crippen molar-refractivity contribution in [1.29, 1.82) is 0 Å². The quantitative estimate of drug-likeness (QED) is 0.468. The molecule has 0 atom stereocenters. The average Bonchev–Trinajstić information content (AvgIpc) is 1.59. The van der Waals surface area contributed by atoms with Gasteiger partial charge in [0.15, 0.2) is 0 Å². The first-order valence-electron chi connectivity index (χ1n) is 3.69. The van der Waals surface area contributed by atoms with E-state index in [4.69, 9.17) is 0 Å². The van der Waals surface area contributed by atoms with Crippen molar-refractivity contribution >= 4 is 31.3 Å². The Hall–Kier alpha value is 1.27. The van der Waals surface area contributed by atoms with Crippen LogP contribution in [0.2, 0.25) is 8.49 Å². The third kappa shape index (κ3) is 3.60. The number of hydrogen-bond acceptors (Lipinski definition) is 0. The van der Waals surface area contributed by atoms with Crippen LogP contribution in [0.4, 0.5) is 0 Å². The van der Waals surface area contributed by atoms with Crippen LogP contribution in [0.1, 0.15) is 41.5 Å². The van der Waals surface area contributed by atoms with Gasteiger partial charge < -0.3 is 0 Å². The van der Waals surface area contributed by atoms with Crippen LogP contribution in [0, 0.1) is 0 Å². The molecule has 1 radical (unpaired) electrons. The van der Waals surface area contributed by atoms with Gasteiger partial charge >= 0.3 is 81.3 Å². The first kappa shape index (κ1) is 11.3. The molecule has 0 aromatic rings. The van der Waals surface area contributed by atoms with E-state index < -0.39 is 11.0 Å². The molecule has 0 aromatic carbocycles. The third-order valence-corrected chi connectivity index (χ3v) is 23.7. The summed E-state index contributed by atoms with van der Waals surface area (Å²) in [6, 6.07) is 0. The molecule has 0 unspecified atom stereocenters. The van der Waals surface area contributed by atoms with Crippen LogP contribution in [-0.4, -0.2) is 11.0 Å². The summed E-state index contributed by atoms with van der Waals surface area (Å²) >= 11 is 1.84. The first-order chi connectivity index (χ1) is 4.15. The molecule has 0 rings (SSSR count). The van der Waals surface area contributed by atoms with E-state index in [1.54, 1.807) is 0 Å². The van der Waals surface area contributed by atoms with E-state index in [1.165, 1.54) is 0 Å². The van der Waals surface area contributed by atoms with Crippen molar-refractivity contribution in [1.82, 2.24) is 0 Å². The van der Waals surface area contributed by atoms with Gasteiger partial charge in [-0.15, -0.1) is 0 Å². The van der Waals surface area contributed by atoms with E-state index in [2.05, 4.69) is 61.8 Å². The van der Waals surface area contributed by atoms with Crippen LogP contribution in [0.3, 0.4) is 0 Å². The molecule has 2 heteroatoms. The topological polar surface area (TPSA) is 0 Å². The Morgan fingerprint density at radius 3 is 1.00 bits per heavy atom. The maximum absolute atomic E-state index is 2.72. The van der Waals surface area contributed by atoms with Crippen LogP contribution in [0.15, 0.2) is 0 Å². The normalized spacial score (nSPS) is 14.4. The molecule has 0 aromatic heterocycles. The second-order valence-electron chi connectivity index (χ2n) is 4.81. The molecular weight excluding hydrogens is 296 g/mol. The third-order valence-electron chi connectivity index (χ3n) is 1.32. The fourth-order valence-electron chi connectivity index (χ4n) is 1.12. The van der Waals surface area contributed by atoms with Crippen molar-refractivity contribution in [2.45, 2.75) is 50.0 Å². The molecule has 10 heavy (non-hydrogen) atoms. The SMILES string of the molecule is C[C](C)(C)[Ge]([I])[C](C)(C)C. The minimum absolute atomic E-state index is 0.596. The Labute approximate surface area is 80.9 Å². The predicted octanol–water partition coefficient (Wildman–Crippen LogP) is 4.01. The van der Waals surface area contributed by atoms with Crippen LogP contribution in [0.5, 0.6) is 0 Å². The molecule has 0 saturated carbocycles. The van der Waals surface area contributed by atoms with Gasteiger partial charge in [-0.25, -0.2) is 0 Å². The van der Waals surface area contributed by atoms with E-state index in [9.17, 15) is 0 Å². The van der Waals surface area contributed by atoms with Gasteiger partial charge in [-0.2, -0.15) is 0 Å². The zero-order valence-corrected chi connectivity index (χ0v) is 12.1. The molecule has 0 heterocycles. The summed E-state index contributed by atoms with van der Waals surface area (Å²) in [7, 11) is 0. The Morgan fingerprint density at radius 2 is 1.00 bits per heavy atom. The van der Waals surface area contributed by atoms with Gasteiger partial charge in [-0.1, -0.05) is 0 Å². The Morgan fingerprint density at radius 1 is 0.800 bits per heavy atom. The van der Waals surface area contributed by atoms with Crippen LogP contribution in [-0.2, 0) is 0 Å². The van der Waals surface area contributed by atoms with E-state index in [0.717, 1.165) is 0 Å². The van der Waals surface area contributed by atoms with Crippen molar-refractivity contribution in [3.05, 3.63) is 0 Å². The number of halogens is 1. The summed E-state index contributed by atoms with van der Waals surface area (Å²) in [5.74, 6) is 0. The molecule has 0 amide bonds. The van der Waals surface area contributed by atoms with Crippen LogP contribution in [0.25, 0.3) is 0 Å².